The summed E-state index contributed by atoms with van der Waals surface area (Å²) in [6.07, 6.45) is 3.74. The van der Waals surface area contributed by atoms with E-state index in [0.717, 1.165) is 0 Å². The van der Waals surface area contributed by atoms with Crippen LogP contribution in [0.15, 0.2) is 58.8 Å². The summed E-state index contributed by atoms with van der Waals surface area (Å²) in [7, 11) is 2.56. The molecule has 0 aliphatic carbocycles. The van der Waals surface area contributed by atoms with Gasteiger partial charge < -0.3 is 10.6 Å². The molecule has 36 heavy (non-hydrogen) atoms. The third-order valence-electron chi connectivity index (χ3n) is 4.37. The fraction of sp³-hybridized carbons (Fsp3) is 0.200. The maximum atomic E-state index is 11.9. The first kappa shape index (κ1) is 26.0. The molecule has 16 heteroatoms. The Labute approximate surface area is 222 Å². The minimum atomic E-state index is -0.0822. The Morgan fingerprint density at radius 2 is 1.19 bits per heavy atom. The van der Waals surface area contributed by atoms with Crippen molar-refractivity contribution in [3.05, 3.63) is 48.5 Å². The van der Waals surface area contributed by atoms with Crippen LogP contribution in [0.25, 0.3) is 11.4 Å². The predicted molar refractivity (Wildman–Crippen MR) is 144 cm³/mol. The quantitative estimate of drug-likeness (QED) is 0.260. The van der Waals surface area contributed by atoms with Gasteiger partial charge in [-0.05, 0) is 91.4 Å². The van der Waals surface area contributed by atoms with E-state index in [1.165, 1.54) is 45.1 Å². The first-order valence-electron chi connectivity index (χ1n) is 10.3. The summed E-state index contributed by atoms with van der Waals surface area (Å²) in [5, 5.41) is 30.7. The lowest BCUT2D eigenvalue weighted by atomic mass is 10.3. The third-order valence-corrected chi connectivity index (χ3v) is 7.51. The van der Waals surface area contributed by atoms with Crippen molar-refractivity contribution in [2.45, 2.75) is 10.3 Å². The maximum absolute atomic E-state index is 11.9. The number of benzene rings is 2. The van der Waals surface area contributed by atoms with E-state index in [9.17, 15) is 9.59 Å². The predicted octanol–water partition coefficient (Wildman–Crippen LogP) is 3.04. The van der Waals surface area contributed by atoms with Gasteiger partial charge in [0.25, 0.3) is 0 Å². The van der Waals surface area contributed by atoms with Crippen molar-refractivity contribution in [2.24, 2.45) is 0 Å². The minimum absolute atomic E-state index is 0.0822. The van der Waals surface area contributed by atoms with Gasteiger partial charge in [0.05, 0.1) is 22.9 Å². The number of thioether (sulfide) groups is 2. The Morgan fingerprint density at radius 1 is 0.750 bits per heavy atom. The molecule has 0 spiro atoms. The number of anilines is 2. The summed E-state index contributed by atoms with van der Waals surface area (Å²) in [5.41, 5.74) is 2.69. The van der Waals surface area contributed by atoms with Crippen molar-refractivity contribution in [1.82, 2.24) is 40.4 Å². The Morgan fingerprint density at radius 3 is 1.61 bits per heavy atom. The van der Waals surface area contributed by atoms with Gasteiger partial charge in [-0.3, -0.25) is 9.59 Å². The van der Waals surface area contributed by atoms with E-state index in [-0.39, 0.29) is 11.8 Å². The van der Waals surface area contributed by atoms with Gasteiger partial charge in [-0.25, -0.2) is 0 Å². The van der Waals surface area contributed by atoms with Gasteiger partial charge in [0.2, 0.25) is 22.1 Å². The highest BCUT2D eigenvalue weighted by Crippen LogP contribution is 2.36. The molecule has 12 nitrogen and oxygen atoms in total. The van der Waals surface area contributed by atoms with Gasteiger partial charge in [0, 0.05) is 11.4 Å². The molecule has 0 saturated heterocycles. The number of rotatable bonds is 11. The Hall–Kier alpha value is -3.08. The Bertz CT molecular complexity index is 1240. The second-order valence-electron chi connectivity index (χ2n) is 6.98. The molecule has 2 amide bonds. The molecular weight excluding hydrogens is 541 g/mol. The molecule has 4 rings (SSSR count). The summed E-state index contributed by atoms with van der Waals surface area (Å²) in [6, 6.07) is 14.5. The molecule has 0 radical (unpaired) electrons. The highest BCUT2D eigenvalue weighted by molar-refractivity contribution is 8.76. The van der Waals surface area contributed by atoms with Crippen molar-refractivity contribution in [3.63, 3.8) is 0 Å². The minimum Gasteiger partial charge on any atom is -0.325 e. The standard InChI is InChI=1S/C20H20N10O2S4/c1-33-11-17(31)21-13-5-3-7-15(9-13)29-19(23-25-27-29)35-36-20-24-26-28-30(20)16-8-4-6-14(10-16)22-18(32)12-34-2/h3-10H,11-12H2,1-2H3,(H,21,31)(H,22,32). The van der Waals surface area contributed by atoms with Gasteiger partial charge in [-0.1, -0.05) is 12.1 Å². The number of amides is 2. The third kappa shape index (κ3) is 6.77. The average Bonchev–Trinajstić information content (AvgIpc) is 3.53. The zero-order chi connectivity index (χ0) is 25.3. The van der Waals surface area contributed by atoms with E-state index in [4.69, 9.17) is 0 Å². The SMILES string of the molecule is CSCC(=O)Nc1cccc(-n2nnnc2SSc2nnnn2-c2cccc(NC(=O)CSC)c2)c1. The lowest BCUT2D eigenvalue weighted by molar-refractivity contribution is -0.114. The van der Waals surface area contributed by atoms with Crippen LogP contribution in [0, 0.1) is 0 Å². The highest BCUT2D eigenvalue weighted by atomic mass is 33.1. The fourth-order valence-corrected chi connectivity index (χ4v) is 5.40. The molecule has 2 aromatic carbocycles. The summed E-state index contributed by atoms with van der Waals surface area (Å²) < 4.78 is 3.13. The lowest BCUT2D eigenvalue weighted by Gasteiger charge is -2.09. The van der Waals surface area contributed by atoms with Crippen molar-refractivity contribution < 1.29 is 9.59 Å². The molecule has 0 atom stereocenters. The van der Waals surface area contributed by atoms with Crippen molar-refractivity contribution in [2.75, 3.05) is 34.7 Å². The molecule has 0 aliphatic rings. The second-order valence-corrected chi connectivity index (χ2v) is 10.8. The van der Waals surface area contributed by atoms with Crippen molar-refractivity contribution >= 4 is 68.3 Å². The van der Waals surface area contributed by atoms with E-state index in [2.05, 4.69) is 41.7 Å². The molecule has 0 saturated carbocycles. The topological polar surface area (TPSA) is 145 Å². The summed E-state index contributed by atoms with van der Waals surface area (Å²) >= 11 is 2.90. The second kappa shape index (κ2) is 12.8. The largest absolute Gasteiger partial charge is 0.325 e. The maximum Gasteiger partial charge on any atom is 0.234 e. The Kier molecular flexibility index (Phi) is 9.21. The molecule has 2 aromatic heterocycles. The van der Waals surface area contributed by atoms with Crippen LogP contribution in [0.5, 0.6) is 0 Å². The first-order chi connectivity index (χ1) is 17.6. The van der Waals surface area contributed by atoms with Gasteiger partial charge in [0.1, 0.15) is 0 Å². The fourth-order valence-electron chi connectivity index (χ4n) is 2.95. The number of carbonyl (C=O) groups is 2. The number of hydrogen-bond donors (Lipinski definition) is 2. The zero-order valence-corrected chi connectivity index (χ0v) is 22.3. The molecule has 0 fully saturated rings. The zero-order valence-electron chi connectivity index (χ0n) is 19.1. The average molecular weight is 561 g/mol. The highest BCUT2D eigenvalue weighted by Gasteiger charge is 2.16. The van der Waals surface area contributed by atoms with Crippen molar-refractivity contribution in [1.29, 1.82) is 0 Å². The summed E-state index contributed by atoms with van der Waals surface area (Å²) in [4.78, 5) is 23.9. The molecule has 2 heterocycles. The normalized spacial score (nSPS) is 10.8. The van der Waals surface area contributed by atoms with Crippen molar-refractivity contribution in [3.8, 4) is 11.4 Å². The number of carbonyl (C=O) groups excluding carboxylic acids is 2. The number of aromatic nitrogens is 8. The van der Waals surface area contributed by atoms with Crippen LogP contribution in [-0.4, -0.2) is 76.2 Å². The van der Waals surface area contributed by atoms with Crippen LogP contribution in [-0.2, 0) is 9.59 Å². The van der Waals surface area contributed by atoms with Gasteiger partial charge >= 0.3 is 0 Å². The van der Waals surface area contributed by atoms with Crippen LogP contribution < -0.4 is 10.6 Å². The van der Waals surface area contributed by atoms with E-state index >= 15 is 0 Å². The molecule has 0 unspecified atom stereocenters. The van der Waals surface area contributed by atoms with E-state index < -0.39 is 0 Å². The van der Waals surface area contributed by atoms with Crippen LogP contribution in [0.2, 0.25) is 0 Å². The van der Waals surface area contributed by atoms with Crippen LogP contribution in [0.1, 0.15) is 0 Å². The van der Waals surface area contributed by atoms with Crippen LogP contribution in [0.4, 0.5) is 11.4 Å². The molecular formula is C20H20N10O2S4. The van der Waals surface area contributed by atoms with Gasteiger partial charge in [0.15, 0.2) is 0 Å². The van der Waals surface area contributed by atoms with Gasteiger partial charge in [-0.15, -0.1) is 10.2 Å². The number of nitrogens with one attached hydrogen (secondary N) is 2. The van der Waals surface area contributed by atoms with Crippen LogP contribution in [0.3, 0.4) is 0 Å². The first-order valence-corrected chi connectivity index (χ1v) is 15.2. The lowest BCUT2D eigenvalue weighted by Crippen LogP contribution is -2.14. The van der Waals surface area contributed by atoms with Gasteiger partial charge in [-0.2, -0.15) is 32.9 Å². The van der Waals surface area contributed by atoms with E-state index in [1.807, 2.05) is 36.8 Å². The molecule has 186 valence electrons. The Balaban J connectivity index is 1.48. The number of tetrazole rings is 2. The smallest absolute Gasteiger partial charge is 0.234 e. The summed E-state index contributed by atoms with van der Waals surface area (Å²) in [6.45, 7) is 0. The molecule has 0 aliphatic heterocycles. The van der Waals surface area contributed by atoms with E-state index in [0.29, 0.717) is 44.6 Å². The van der Waals surface area contributed by atoms with E-state index in [1.54, 1.807) is 33.6 Å². The summed E-state index contributed by atoms with van der Waals surface area (Å²) in [5.74, 6) is 0.575. The van der Waals surface area contributed by atoms with Crippen LogP contribution >= 0.6 is 45.1 Å². The number of nitrogens with zero attached hydrogens (tertiary/aromatic N) is 8. The molecule has 0 bridgehead atoms. The monoisotopic (exact) mass is 560 g/mol. The number of hydrogen-bond acceptors (Lipinski definition) is 12. The molecule has 2 N–H and O–H groups in total. The molecule has 4 aromatic rings.